The summed E-state index contributed by atoms with van der Waals surface area (Å²) in [5.41, 5.74) is 0. The van der Waals surface area contributed by atoms with E-state index in [1.54, 1.807) is 11.3 Å². The molecule has 0 aromatic carbocycles. The lowest BCUT2D eigenvalue weighted by Crippen LogP contribution is -2.41. The minimum absolute atomic E-state index is 0.0930. The molecule has 2 rings (SSSR count). The molecule has 100 valence electrons. The highest BCUT2D eigenvalue weighted by Gasteiger charge is 2.18. The molecule has 1 atom stereocenters. The topological polar surface area (TPSA) is 32.3 Å². The number of nitrogens with zero attached hydrogens (tertiary/aromatic N) is 1. The molecule has 1 aliphatic heterocycles. The van der Waals surface area contributed by atoms with Gasteiger partial charge in [0.05, 0.1) is 6.04 Å². The Morgan fingerprint density at radius 2 is 1.94 bits per heavy atom. The van der Waals surface area contributed by atoms with Crippen LogP contribution in [0, 0.1) is 6.92 Å². The largest absolute Gasteiger partial charge is 0.331 e. The van der Waals surface area contributed by atoms with Gasteiger partial charge in [0.15, 0.2) is 0 Å². The van der Waals surface area contributed by atoms with Crippen molar-refractivity contribution in [3.63, 3.8) is 0 Å². The Balaban J connectivity index is 1.89. The number of carbonyl (C=O) groups excluding carboxylic acids is 1. The molecular formula is C14H22N2OS. The molecule has 1 unspecified atom stereocenters. The Hall–Kier alpha value is -1.03. The molecular weight excluding hydrogens is 244 g/mol. The van der Waals surface area contributed by atoms with Crippen LogP contribution in [0.1, 0.15) is 48.4 Å². The number of nitrogens with one attached hydrogen (secondary N) is 1. The van der Waals surface area contributed by atoms with E-state index >= 15 is 0 Å². The summed E-state index contributed by atoms with van der Waals surface area (Å²) in [5.74, 6) is 0. The fraction of sp³-hybridized carbons (Fsp3) is 0.643. The highest BCUT2D eigenvalue weighted by atomic mass is 32.1. The van der Waals surface area contributed by atoms with Crippen molar-refractivity contribution in [2.24, 2.45) is 0 Å². The SMILES string of the molecule is Cc1ccc(C(C)NC(=O)N2CCCCCC2)s1. The lowest BCUT2D eigenvalue weighted by molar-refractivity contribution is 0.196. The van der Waals surface area contributed by atoms with Gasteiger partial charge in [0.2, 0.25) is 0 Å². The molecule has 4 heteroatoms. The second kappa shape index (κ2) is 6.23. The molecule has 2 amide bonds. The van der Waals surface area contributed by atoms with E-state index in [0.717, 1.165) is 25.9 Å². The molecule has 0 spiro atoms. The average molecular weight is 266 g/mol. The summed E-state index contributed by atoms with van der Waals surface area (Å²) >= 11 is 1.76. The van der Waals surface area contributed by atoms with Crippen LogP contribution in [0.15, 0.2) is 12.1 Å². The van der Waals surface area contributed by atoms with Gasteiger partial charge < -0.3 is 10.2 Å². The van der Waals surface area contributed by atoms with E-state index < -0.39 is 0 Å². The minimum atomic E-state index is 0.0930. The van der Waals surface area contributed by atoms with Crippen LogP contribution in [-0.2, 0) is 0 Å². The van der Waals surface area contributed by atoms with Crippen LogP contribution in [-0.4, -0.2) is 24.0 Å². The first-order chi connectivity index (χ1) is 8.66. The molecule has 2 heterocycles. The van der Waals surface area contributed by atoms with Gasteiger partial charge in [0.1, 0.15) is 0 Å². The second-order valence-corrected chi connectivity index (χ2v) is 6.34. The monoisotopic (exact) mass is 266 g/mol. The Morgan fingerprint density at radius 3 is 2.50 bits per heavy atom. The van der Waals surface area contributed by atoms with Crippen LogP contribution < -0.4 is 5.32 Å². The van der Waals surface area contributed by atoms with Gasteiger partial charge in [-0.3, -0.25) is 0 Å². The van der Waals surface area contributed by atoms with Gasteiger partial charge in [-0.2, -0.15) is 0 Å². The maximum atomic E-state index is 12.2. The number of likely N-dealkylation sites (tertiary alicyclic amines) is 1. The van der Waals surface area contributed by atoms with Crippen molar-refractivity contribution in [1.82, 2.24) is 10.2 Å². The number of rotatable bonds is 2. The third kappa shape index (κ3) is 3.48. The summed E-state index contributed by atoms with van der Waals surface area (Å²) < 4.78 is 0. The minimum Gasteiger partial charge on any atom is -0.331 e. The highest BCUT2D eigenvalue weighted by molar-refractivity contribution is 7.12. The number of thiophene rings is 1. The van der Waals surface area contributed by atoms with E-state index in [4.69, 9.17) is 0 Å². The first-order valence-corrected chi connectivity index (χ1v) is 7.60. The summed E-state index contributed by atoms with van der Waals surface area (Å²) in [6.45, 7) is 5.96. The third-order valence-corrected chi connectivity index (χ3v) is 4.60. The zero-order chi connectivity index (χ0) is 13.0. The van der Waals surface area contributed by atoms with Crippen LogP contribution >= 0.6 is 11.3 Å². The van der Waals surface area contributed by atoms with Crippen molar-refractivity contribution in [3.8, 4) is 0 Å². The average Bonchev–Trinajstić information content (AvgIpc) is 2.63. The molecule has 0 aliphatic carbocycles. The van der Waals surface area contributed by atoms with Crippen molar-refractivity contribution >= 4 is 17.4 Å². The van der Waals surface area contributed by atoms with Gasteiger partial charge in [-0.1, -0.05) is 12.8 Å². The predicted octanol–water partition coefficient (Wildman–Crippen LogP) is 3.70. The lowest BCUT2D eigenvalue weighted by Gasteiger charge is -2.23. The van der Waals surface area contributed by atoms with Crippen molar-refractivity contribution < 1.29 is 4.79 Å². The Labute approximate surface area is 113 Å². The number of urea groups is 1. The van der Waals surface area contributed by atoms with E-state index in [1.165, 1.54) is 22.6 Å². The zero-order valence-electron chi connectivity index (χ0n) is 11.2. The molecule has 1 N–H and O–H groups in total. The predicted molar refractivity (Wildman–Crippen MR) is 76.0 cm³/mol. The summed E-state index contributed by atoms with van der Waals surface area (Å²) in [6, 6.07) is 4.41. The van der Waals surface area contributed by atoms with Gasteiger partial charge in [-0.25, -0.2) is 4.79 Å². The van der Waals surface area contributed by atoms with Crippen LogP contribution in [0.2, 0.25) is 0 Å². The van der Waals surface area contributed by atoms with Crippen LogP contribution in [0.3, 0.4) is 0 Å². The number of amides is 2. The molecule has 1 saturated heterocycles. The summed E-state index contributed by atoms with van der Waals surface area (Å²) in [6.07, 6.45) is 4.78. The van der Waals surface area contributed by atoms with Gasteiger partial charge in [0.25, 0.3) is 0 Å². The number of aryl methyl sites for hydroxylation is 1. The van der Waals surface area contributed by atoms with Crippen molar-refractivity contribution in [2.45, 2.75) is 45.6 Å². The molecule has 0 bridgehead atoms. The lowest BCUT2D eigenvalue weighted by atomic mass is 10.2. The van der Waals surface area contributed by atoms with Gasteiger partial charge in [-0.05, 0) is 38.8 Å². The standard InChI is InChI=1S/C14H22N2OS/c1-11-7-8-13(18-11)12(2)15-14(17)16-9-5-3-4-6-10-16/h7-8,12H,3-6,9-10H2,1-2H3,(H,15,17). The van der Waals surface area contributed by atoms with Crippen molar-refractivity contribution in [2.75, 3.05) is 13.1 Å². The number of hydrogen-bond acceptors (Lipinski definition) is 2. The van der Waals surface area contributed by atoms with Crippen molar-refractivity contribution in [1.29, 1.82) is 0 Å². The Kier molecular flexibility index (Phi) is 4.64. The molecule has 0 radical (unpaired) electrons. The van der Waals surface area contributed by atoms with Gasteiger partial charge in [-0.15, -0.1) is 11.3 Å². The number of carbonyl (C=O) groups is 1. The molecule has 1 aliphatic rings. The van der Waals surface area contributed by atoms with Gasteiger partial charge >= 0.3 is 6.03 Å². The van der Waals surface area contributed by atoms with Crippen molar-refractivity contribution in [3.05, 3.63) is 21.9 Å². The van der Waals surface area contributed by atoms with Crippen LogP contribution in [0.4, 0.5) is 4.79 Å². The molecule has 1 fully saturated rings. The molecule has 1 aromatic heterocycles. The molecule has 18 heavy (non-hydrogen) atoms. The maximum Gasteiger partial charge on any atom is 0.317 e. The van der Waals surface area contributed by atoms with Crippen LogP contribution in [0.25, 0.3) is 0 Å². The van der Waals surface area contributed by atoms with Crippen LogP contribution in [0.5, 0.6) is 0 Å². The summed E-state index contributed by atoms with van der Waals surface area (Å²) in [4.78, 5) is 16.6. The fourth-order valence-corrected chi connectivity index (χ4v) is 3.19. The summed E-state index contributed by atoms with van der Waals surface area (Å²) in [5, 5.41) is 3.10. The van der Waals surface area contributed by atoms with Gasteiger partial charge in [0, 0.05) is 22.8 Å². The van der Waals surface area contributed by atoms with E-state index in [-0.39, 0.29) is 12.1 Å². The molecule has 3 nitrogen and oxygen atoms in total. The normalized spacial score (nSPS) is 18.2. The summed E-state index contributed by atoms with van der Waals surface area (Å²) in [7, 11) is 0. The Bertz CT molecular complexity index is 394. The van der Waals surface area contributed by atoms with E-state index in [2.05, 4.69) is 31.3 Å². The first-order valence-electron chi connectivity index (χ1n) is 6.78. The maximum absolute atomic E-state index is 12.2. The number of hydrogen-bond donors (Lipinski definition) is 1. The molecule has 1 aromatic rings. The van der Waals surface area contributed by atoms with E-state index in [9.17, 15) is 4.79 Å². The smallest absolute Gasteiger partial charge is 0.317 e. The third-order valence-electron chi connectivity index (χ3n) is 3.42. The molecule has 0 saturated carbocycles. The van der Waals surface area contributed by atoms with E-state index in [0.29, 0.717) is 0 Å². The van der Waals surface area contributed by atoms with E-state index in [1.807, 2.05) is 4.90 Å². The fourth-order valence-electron chi connectivity index (χ4n) is 2.31. The quantitative estimate of drug-likeness (QED) is 0.869. The second-order valence-electron chi connectivity index (χ2n) is 5.02. The zero-order valence-corrected chi connectivity index (χ0v) is 12.1. The highest BCUT2D eigenvalue weighted by Crippen LogP contribution is 2.22. The first kappa shape index (κ1) is 13.4. The Morgan fingerprint density at radius 1 is 1.28 bits per heavy atom.